The van der Waals surface area contributed by atoms with Gasteiger partial charge in [0.15, 0.2) is 0 Å². The molecule has 1 aromatic carbocycles. The normalized spacial score (nSPS) is 12.1. The van der Waals surface area contributed by atoms with Crippen molar-refractivity contribution in [3.63, 3.8) is 0 Å². The van der Waals surface area contributed by atoms with Gasteiger partial charge in [0.2, 0.25) is 0 Å². The van der Waals surface area contributed by atoms with Gasteiger partial charge in [-0.05, 0) is 37.3 Å². The summed E-state index contributed by atoms with van der Waals surface area (Å²) in [7, 11) is 0. The highest BCUT2D eigenvalue weighted by Gasteiger charge is 2.08. The predicted molar refractivity (Wildman–Crippen MR) is 67.6 cm³/mol. The average molecular weight is 245 g/mol. The molecule has 0 saturated carbocycles. The number of hydrogen-bond donors (Lipinski definition) is 2. The number of aromatic nitrogens is 2. The molecule has 0 bridgehead atoms. The molecule has 2 N–H and O–H groups in total. The number of aliphatic hydroxyl groups is 1. The fourth-order valence-corrected chi connectivity index (χ4v) is 1.54. The van der Waals surface area contributed by atoms with Gasteiger partial charge in [-0.25, -0.2) is 4.68 Å². The first-order valence-corrected chi connectivity index (χ1v) is 5.72. The lowest BCUT2D eigenvalue weighted by atomic mass is 10.2. The molecule has 1 unspecified atom stereocenters. The van der Waals surface area contributed by atoms with Crippen molar-refractivity contribution in [3.05, 3.63) is 48.3 Å². The van der Waals surface area contributed by atoms with Crippen LogP contribution in [0.5, 0.6) is 0 Å². The molecule has 18 heavy (non-hydrogen) atoms. The highest BCUT2D eigenvalue weighted by atomic mass is 16.3. The Morgan fingerprint density at radius 2 is 2.17 bits per heavy atom. The lowest BCUT2D eigenvalue weighted by Gasteiger charge is -2.11. The molecule has 0 spiro atoms. The van der Waals surface area contributed by atoms with E-state index in [1.165, 1.54) is 0 Å². The van der Waals surface area contributed by atoms with Gasteiger partial charge in [-0.1, -0.05) is 0 Å². The Balaban J connectivity index is 2.10. The third-order valence-electron chi connectivity index (χ3n) is 2.55. The van der Waals surface area contributed by atoms with Crippen LogP contribution in [0, 0.1) is 0 Å². The third-order valence-corrected chi connectivity index (χ3v) is 2.55. The van der Waals surface area contributed by atoms with Gasteiger partial charge in [0.25, 0.3) is 5.91 Å². The smallest absolute Gasteiger partial charge is 0.251 e. The summed E-state index contributed by atoms with van der Waals surface area (Å²) >= 11 is 0. The molecule has 5 nitrogen and oxygen atoms in total. The van der Waals surface area contributed by atoms with Gasteiger partial charge in [0.1, 0.15) is 0 Å². The summed E-state index contributed by atoms with van der Waals surface area (Å²) in [6, 6.07) is 8.70. The zero-order valence-electron chi connectivity index (χ0n) is 10.1. The molecule has 2 aromatic rings. The summed E-state index contributed by atoms with van der Waals surface area (Å²) in [4.78, 5) is 11.8. The zero-order valence-corrected chi connectivity index (χ0v) is 10.1. The van der Waals surface area contributed by atoms with Crippen LogP contribution < -0.4 is 5.32 Å². The topological polar surface area (TPSA) is 67.2 Å². The molecule has 0 aliphatic carbocycles. The zero-order chi connectivity index (χ0) is 13.0. The second-order valence-electron chi connectivity index (χ2n) is 4.05. The van der Waals surface area contributed by atoms with Crippen LogP contribution in [0.3, 0.4) is 0 Å². The Labute approximate surface area is 105 Å². The van der Waals surface area contributed by atoms with E-state index in [4.69, 9.17) is 5.11 Å². The minimum Gasteiger partial charge on any atom is -0.394 e. The minimum atomic E-state index is -0.247. The summed E-state index contributed by atoms with van der Waals surface area (Å²) in [6.07, 6.45) is 3.53. The monoisotopic (exact) mass is 245 g/mol. The highest BCUT2D eigenvalue weighted by Crippen LogP contribution is 2.08. The van der Waals surface area contributed by atoms with E-state index >= 15 is 0 Å². The molecule has 1 aromatic heterocycles. The molecule has 94 valence electrons. The summed E-state index contributed by atoms with van der Waals surface area (Å²) < 4.78 is 1.72. The molecule has 0 radical (unpaired) electrons. The number of nitrogens with zero attached hydrogens (tertiary/aromatic N) is 2. The standard InChI is InChI=1S/C13H15N3O2/c1-10(9-17)15-13(18)11-3-5-12(6-4-11)16-8-2-7-14-16/h2-8,10,17H,9H2,1H3,(H,15,18). The molecule has 0 fully saturated rings. The molecular weight excluding hydrogens is 230 g/mol. The second-order valence-corrected chi connectivity index (χ2v) is 4.05. The van der Waals surface area contributed by atoms with Crippen molar-refractivity contribution in [1.82, 2.24) is 15.1 Å². The SMILES string of the molecule is CC(CO)NC(=O)c1ccc(-n2cccn2)cc1. The number of carbonyl (C=O) groups excluding carboxylic acids is 1. The van der Waals surface area contributed by atoms with E-state index in [1.54, 1.807) is 29.9 Å². The minimum absolute atomic E-state index is 0.0723. The molecule has 1 atom stereocenters. The summed E-state index contributed by atoms with van der Waals surface area (Å²) in [5.74, 6) is -0.191. The Kier molecular flexibility index (Phi) is 3.74. The number of aliphatic hydroxyl groups excluding tert-OH is 1. The molecule has 1 amide bonds. The number of rotatable bonds is 4. The molecular formula is C13H15N3O2. The van der Waals surface area contributed by atoms with Crippen molar-refractivity contribution < 1.29 is 9.90 Å². The molecule has 0 aliphatic rings. The molecule has 0 saturated heterocycles. The van der Waals surface area contributed by atoms with Gasteiger partial charge in [-0.3, -0.25) is 4.79 Å². The fourth-order valence-electron chi connectivity index (χ4n) is 1.54. The van der Waals surface area contributed by atoms with Gasteiger partial charge >= 0.3 is 0 Å². The average Bonchev–Trinajstić information content (AvgIpc) is 2.92. The van der Waals surface area contributed by atoms with E-state index in [0.717, 1.165) is 5.69 Å². The lowest BCUT2D eigenvalue weighted by Crippen LogP contribution is -2.34. The largest absolute Gasteiger partial charge is 0.394 e. The Hall–Kier alpha value is -2.14. The first-order valence-electron chi connectivity index (χ1n) is 5.72. The van der Waals surface area contributed by atoms with Crippen LogP contribution in [0.25, 0.3) is 5.69 Å². The number of amides is 1. The second kappa shape index (κ2) is 5.46. The van der Waals surface area contributed by atoms with Crippen molar-refractivity contribution in [2.75, 3.05) is 6.61 Å². The van der Waals surface area contributed by atoms with E-state index in [-0.39, 0.29) is 18.6 Å². The van der Waals surface area contributed by atoms with E-state index in [0.29, 0.717) is 5.56 Å². The maximum atomic E-state index is 11.8. The van der Waals surface area contributed by atoms with Gasteiger partial charge < -0.3 is 10.4 Å². The number of carbonyl (C=O) groups is 1. The number of nitrogens with one attached hydrogen (secondary N) is 1. The van der Waals surface area contributed by atoms with Crippen LogP contribution in [0.2, 0.25) is 0 Å². The van der Waals surface area contributed by atoms with Gasteiger partial charge in [-0.15, -0.1) is 0 Å². The quantitative estimate of drug-likeness (QED) is 0.844. The summed E-state index contributed by atoms with van der Waals surface area (Å²) in [5, 5.41) is 15.7. The molecule has 5 heteroatoms. The number of hydrogen-bond acceptors (Lipinski definition) is 3. The Morgan fingerprint density at radius 3 is 2.72 bits per heavy atom. The van der Waals surface area contributed by atoms with Crippen LogP contribution in [-0.4, -0.2) is 33.4 Å². The maximum Gasteiger partial charge on any atom is 0.251 e. The van der Waals surface area contributed by atoms with E-state index in [9.17, 15) is 4.79 Å². The first-order chi connectivity index (χ1) is 8.70. The summed E-state index contributed by atoms with van der Waals surface area (Å²) in [5.41, 5.74) is 1.46. The van der Waals surface area contributed by atoms with Crippen LogP contribution >= 0.6 is 0 Å². The highest BCUT2D eigenvalue weighted by molar-refractivity contribution is 5.94. The molecule has 0 aliphatic heterocycles. The van der Waals surface area contributed by atoms with E-state index in [2.05, 4.69) is 10.4 Å². The van der Waals surface area contributed by atoms with Crippen LogP contribution in [-0.2, 0) is 0 Å². The third kappa shape index (κ3) is 2.75. The Morgan fingerprint density at radius 1 is 1.44 bits per heavy atom. The van der Waals surface area contributed by atoms with Crippen molar-refractivity contribution in [2.45, 2.75) is 13.0 Å². The molecule has 2 rings (SSSR count). The van der Waals surface area contributed by atoms with Gasteiger partial charge in [-0.2, -0.15) is 5.10 Å². The van der Waals surface area contributed by atoms with Crippen LogP contribution in [0.4, 0.5) is 0 Å². The van der Waals surface area contributed by atoms with Gasteiger partial charge in [0, 0.05) is 24.0 Å². The number of benzene rings is 1. The maximum absolute atomic E-state index is 11.8. The molecule has 1 heterocycles. The fraction of sp³-hybridized carbons (Fsp3) is 0.231. The van der Waals surface area contributed by atoms with Crippen LogP contribution in [0.1, 0.15) is 17.3 Å². The Bertz CT molecular complexity index is 506. The lowest BCUT2D eigenvalue weighted by molar-refractivity contribution is 0.0922. The van der Waals surface area contributed by atoms with Crippen LogP contribution in [0.15, 0.2) is 42.7 Å². The van der Waals surface area contributed by atoms with Crippen molar-refractivity contribution in [1.29, 1.82) is 0 Å². The van der Waals surface area contributed by atoms with Crippen molar-refractivity contribution in [3.8, 4) is 5.69 Å². The first kappa shape index (κ1) is 12.3. The van der Waals surface area contributed by atoms with Gasteiger partial charge in [0.05, 0.1) is 12.3 Å². The van der Waals surface area contributed by atoms with E-state index in [1.807, 2.05) is 24.4 Å². The predicted octanol–water partition coefficient (Wildman–Crippen LogP) is 0.983. The summed E-state index contributed by atoms with van der Waals surface area (Å²) in [6.45, 7) is 1.67. The van der Waals surface area contributed by atoms with Crippen molar-refractivity contribution >= 4 is 5.91 Å². The van der Waals surface area contributed by atoms with Crippen molar-refractivity contribution in [2.24, 2.45) is 0 Å². The van der Waals surface area contributed by atoms with E-state index < -0.39 is 0 Å².